The van der Waals surface area contributed by atoms with Crippen molar-refractivity contribution in [1.82, 2.24) is 10.2 Å². The summed E-state index contributed by atoms with van der Waals surface area (Å²) in [5.74, 6) is 0.868. The van der Waals surface area contributed by atoms with E-state index in [-0.39, 0.29) is 0 Å². The van der Waals surface area contributed by atoms with Crippen LogP contribution in [-0.2, 0) is 0 Å². The van der Waals surface area contributed by atoms with Gasteiger partial charge in [0.2, 0.25) is 0 Å². The molecule has 2 heteroatoms. The molecule has 0 aromatic carbocycles. The average Bonchev–Trinajstić information content (AvgIpc) is 2.29. The smallest absolute Gasteiger partial charge is 0.0104 e. The molecule has 1 aliphatic carbocycles. The molecule has 1 aliphatic rings. The molecule has 1 rings (SSSR count). The topological polar surface area (TPSA) is 15.3 Å². The first-order valence-corrected chi connectivity index (χ1v) is 7.10. The number of nitrogens with zero attached hydrogens (tertiary/aromatic N) is 1. The van der Waals surface area contributed by atoms with Gasteiger partial charge in [0.25, 0.3) is 0 Å². The normalized spacial score (nSPS) is 26.6. The minimum atomic E-state index is 0.694. The molecule has 0 spiro atoms. The van der Waals surface area contributed by atoms with Crippen LogP contribution in [-0.4, -0.2) is 37.1 Å². The first-order valence-electron chi connectivity index (χ1n) is 7.10. The SMILES string of the molecule is CCCN(CC1CCCCC1NC)C(C)C. The lowest BCUT2D eigenvalue weighted by Gasteiger charge is -2.37. The molecule has 0 aromatic heterocycles. The molecule has 2 nitrogen and oxygen atoms in total. The summed E-state index contributed by atoms with van der Waals surface area (Å²) in [5, 5.41) is 3.51. The molecule has 0 radical (unpaired) electrons. The second-order valence-electron chi connectivity index (χ2n) is 5.53. The molecule has 1 fully saturated rings. The van der Waals surface area contributed by atoms with Crippen LogP contribution in [0.15, 0.2) is 0 Å². The zero-order valence-corrected chi connectivity index (χ0v) is 11.6. The second-order valence-corrected chi connectivity index (χ2v) is 5.53. The Balaban J connectivity index is 2.47. The quantitative estimate of drug-likeness (QED) is 0.749. The summed E-state index contributed by atoms with van der Waals surface area (Å²) in [4.78, 5) is 2.65. The van der Waals surface area contributed by atoms with E-state index in [0.717, 1.165) is 12.0 Å². The third kappa shape index (κ3) is 4.06. The van der Waals surface area contributed by atoms with Crippen LogP contribution in [0.5, 0.6) is 0 Å². The highest BCUT2D eigenvalue weighted by Crippen LogP contribution is 2.25. The van der Waals surface area contributed by atoms with E-state index in [1.807, 2.05) is 0 Å². The number of nitrogens with one attached hydrogen (secondary N) is 1. The highest BCUT2D eigenvalue weighted by molar-refractivity contribution is 4.82. The number of hydrogen-bond donors (Lipinski definition) is 1. The van der Waals surface area contributed by atoms with Gasteiger partial charge >= 0.3 is 0 Å². The fraction of sp³-hybridized carbons (Fsp3) is 1.00. The summed E-state index contributed by atoms with van der Waals surface area (Å²) in [7, 11) is 2.13. The maximum Gasteiger partial charge on any atom is 0.0104 e. The van der Waals surface area contributed by atoms with E-state index in [2.05, 4.69) is 38.0 Å². The van der Waals surface area contributed by atoms with Gasteiger partial charge in [0, 0.05) is 18.6 Å². The molecule has 96 valence electrons. The van der Waals surface area contributed by atoms with E-state index < -0.39 is 0 Å². The van der Waals surface area contributed by atoms with Gasteiger partial charge in [0.1, 0.15) is 0 Å². The zero-order valence-electron chi connectivity index (χ0n) is 11.6. The van der Waals surface area contributed by atoms with Crippen LogP contribution in [0.3, 0.4) is 0 Å². The predicted octanol–water partition coefficient (Wildman–Crippen LogP) is 2.89. The first-order chi connectivity index (χ1) is 7.69. The van der Waals surface area contributed by atoms with Crippen molar-refractivity contribution in [2.24, 2.45) is 5.92 Å². The van der Waals surface area contributed by atoms with Crippen molar-refractivity contribution < 1.29 is 0 Å². The van der Waals surface area contributed by atoms with Gasteiger partial charge in [-0.25, -0.2) is 0 Å². The molecular weight excluding hydrogens is 196 g/mol. The zero-order chi connectivity index (χ0) is 12.0. The Labute approximate surface area is 102 Å². The Hall–Kier alpha value is -0.0800. The molecule has 0 heterocycles. The van der Waals surface area contributed by atoms with Gasteiger partial charge in [0.15, 0.2) is 0 Å². The highest BCUT2D eigenvalue weighted by atomic mass is 15.1. The molecule has 0 aliphatic heterocycles. The molecule has 2 atom stereocenters. The molecule has 0 saturated heterocycles. The Morgan fingerprint density at radius 2 is 1.94 bits per heavy atom. The summed E-state index contributed by atoms with van der Waals surface area (Å²) in [6.45, 7) is 9.48. The van der Waals surface area contributed by atoms with Crippen LogP contribution in [0, 0.1) is 5.92 Å². The van der Waals surface area contributed by atoms with Crippen molar-refractivity contribution in [2.75, 3.05) is 20.1 Å². The van der Waals surface area contributed by atoms with E-state index in [1.54, 1.807) is 0 Å². The summed E-state index contributed by atoms with van der Waals surface area (Å²) in [5.41, 5.74) is 0. The van der Waals surface area contributed by atoms with E-state index in [9.17, 15) is 0 Å². The molecule has 1 saturated carbocycles. The van der Waals surface area contributed by atoms with Crippen molar-refractivity contribution >= 4 is 0 Å². The summed E-state index contributed by atoms with van der Waals surface area (Å²) >= 11 is 0. The fourth-order valence-corrected chi connectivity index (χ4v) is 2.95. The minimum absolute atomic E-state index is 0.694. The second kappa shape index (κ2) is 7.29. The van der Waals surface area contributed by atoms with E-state index in [0.29, 0.717) is 6.04 Å². The average molecular weight is 226 g/mol. The van der Waals surface area contributed by atoms with Crippen LogP contribution in [0.25, 0.3) is 0 Å². The van der Waals surface area contributed by atoms with Gasteiger partial charge in [-0.1, -0.05) is 19.8 Å². The van der Waals surface area contributed by atoms with Gasteiger partial charge in [-0.05, 0) is 52.6 Å². The third-order valence-electron chi connectivity index (χ3n) is 3.99. The van der Waals surface area contributed by atoms with Gasteiger partial charge in [-0.2, -0.15) is 0 Å². The fourth-order valence-electron chi connectivity index (χ4n) is 2.95. The molecular formula is C14H30N2. The van der Waals surface area contributed by atoms with E-state index >= 15 is 0 Å². The standard InChI is InChI=1S/C14H30N2/c1-5-10-16(12(2)3)11-13-8-6-7-9-14(13)15-4/h12-15H,5-11H2,1-4H3. The van der Waals surface area contributed by atoms with Crippen LogP contribution >= 0.6 is 0 Å². The Bertz CT molecular complexity index is 180. The van der Waals surface area contributed by atoms with Gasteiger partial charge in [-0.15, -0.1) is 0 Å². The van der Waals surface area contributed by atoms with Crippen LogP contribution < -0.4 is 5.32 Å². The summed E-state index contributed by atoms with van der Waals surface area (Å²) in [6, 6.07) is 1.45. The van der Waals surface area contributed by atoms with Crippen molar-refractivity contribution in [3.63, 3.8) is 0 Å². The maximum atomic E-state index is 3.51. The van der Waals surface area contributed by atoms with Crippen molar-refractivity contribution in [3.05, 3.63) is 0 Å². The van der Waals surface area contributed by atoms with Crippen molar-refractivity contribution in [1.29, 1.82) is 0 Å². The summed E-state index contributed by atoms with van der Waals surface area (Å²) in [6.07, 6.45) is 6.91. The Kier molecular flexibility index (Phi) is 6.37. The highest BCUT2D eigenvalue weighted by Gasteiger charge is 2.26. The third-order valence-corrected chi connectivity index (χ3v) is 3.99. The van der Waals surface area contributed by atoms with Crippen LogP contribution in [0.2, 0.25) is 0 Å². The van der Waals surface area contributed by atoms with Crippen molar-refractivity contribution in [2.45, 2.75) is 65.0 Å². The largest absolute Gasteiger partial charge is 0.317 e. The molecule has 1 N–H and O–H groups in total. The lowest BCUT2D eigenvalue weighted by Crippen LogP contribution is -2.45. The van der Waals surface area contributed by atoms with Gasteiger partial charge in [0.05, 0.1) is 0 Å². The molecule has 0 bridgehead atoms. The van der Waals surface area contributed by atoms with Crippen molar-refractivity contribution in [3.8, 4) is 0 Å². The Morgan fingerprint density at radius 3 is 2.50 bits per heavy atom. The Morgan fingerprint density at radius 1 is 1.25 bits per heavy atom. The molecule has 0 amide bonds. The predicted molar refractivity (Wildman–Crippen MR) is 71.8 cm³/mol. The van der Waals surface area contributed by atoms with Gasteiger partial charge < -0.3 is 10.2 Å². The lowest BCUT2D eigenvalue weighted by atomic mass is 9.84. The number of rotatable bonds is 6. The van der Waals surface area contributed by atoms with E-state index in [4.69, 9.17) is 0 Å². The minimum Gasteiger partial charge on any atom is -0.317 e. The lowest BCUT2D eigenvalue weighted by molar-refractivity contribution is 0.144. The monoisotopic (exact) mass is 226 g/mol. The molecule has 2 unspecified atom stereocenters. The number of hydrogen-bond acceptors (Lipinski definition) is 2. The first kappa shape index (κ1) is 14.0. The van der Waals surface area contributed by atoms with Crippen LogP contribution in [0.4, 0.5) is 0 Å². The molecule has 0 aromatic rings. The van der Waals surface area contributed by atoms with E-state index in [1.165, 1.54) is 45.2 Å². The summed E-state index contributed by atoms with van der Waals surface area (Å²) < 4.78 is 0. The molecule has 16 heavy (non-hydrogen) atoms. The maximum absolute atomic E-state index is 3.51. The van der Waals surface area contributed by atoms with Gasteiger partial charge in [-0.3, -0.25) is 0 Å². The van der Waals surface area contributed by atoms with Crippen LogP contribution in [0.1, 0.15) is 52.9 Å².